The van der Waals surface area contributed by atoms with E-state index in [2.05, 4.69) is 0 Å². The number of aromatic hydroxyl groups is 1. The smallest absolute Gasteiger partial charge is 0.416 e. The van der Waals surface area contributed by atoms with Crippen LogP contribution in [0, 0.1) is 0 Å². The molecule has 100 valence electrons. The van der Waals surface area contributed by atoms with E-state index in [4.69, 9.17) is 0 Å². The van der Waals surface area contributed by atoms with E-state index in [1.807, 2.05) is 0 Å². The van der Waals surface area contributed by atoms with Crippen molar-refractivity contribution in [1.82, 2.24) is 0 Å². The molecule has 1 heterocycles. The summed E-state index contributed by atoms with van der Waals surface area (Å²) in [5.41, 5.74) is -0.123. The van der Waals surface area contributed by atoms with Crippen molar-refractivity contribution < 1.29 is 23.1 Å². The Morgan fingerprint density at radius 2 is 1.79 bits per heavy atom. The highest BCUT2D eigenvalue weighted by Gasteiger charge is 2.30. The van der Waals surface area contributed by atoms with E-state index < -0.39 is 11.7 Å². The van der Waals surface area contributed by atoms with Crippen LogP contribution in [0.15, 0.2) is 29.6 Å². The predicted molar refractivity (Wildman–Crippen MR) is 66.4 cm³/mol. The molecule has 0 saturated heterocycles. The molecule has 0 unspecified atom stereocenters. The van der Waals surface area contributed by atoms with Gasteiger partial charge in [0.2, 0.25) is 0 Å². The number of carbonyl (C=O) groups excluding carboxylic acids is 1. The van der Waals surface area contributed by atoms with E-state index in [0.717, 1.165) is 23.5 Å². The summed E-state index contributed by atoms with van der Waals surface area (Å²) in [6, 6.07) is 4.44. The highest BCUT2D eigenvalue weighted by Crippen LogP contribution is 2.39. The van der Waals surface area contributed by atoms with E-state index in [-0.39, 0.29) is 17.1 Å². The molecule has 2 aromatic rings. The second kappa shape index (κ2) is 4.70. The molecule has 6 heteroatoms. The Hall–Kier alpha value is -1.82. The Morgan fingerprint density at radius 1 is 1.21 bits per heavy atom. The monoisotopic (exact) mass is 286 g/mol. The van der Waals surface area contributed by atoms with Gasteiger partial charge in [-0.25, -0.2) is 0 Å². The summed E-state index contributed by atoms with van der Waals surface area (Å²) in [6.45, 7) is 1.32. The highest BCUT2D eigenvalue weighted by atomic mass is 32.1. The normalized spacial score (nSPS) is 11.6. The molecule has 1 N–H and O–H groups in total. The van der Waals surface area contributed by atoms with Crippen LogP contribution >= 0.6 is 11.3 Å². The third-order valence-corrected chi connectivity index (χ3v) is 3.64. The zero-order valence-corrected chi connectivity index (χ0v) is 10.6. The van der Waals surface area contributed by atoms with Crippen LogP contribution in [0.2, 0.25) is 0 Å². The molecule has 0 aliphatic rings. The minimum atomic E-state index is -4.39. The van der Waals surface area contributed by atoms with Crippen molar-refractivity contribution >= 4 is 17.1 Å². The van der Waals surface area contributed by atoms with Crippen molar-refractivity contribution in [2.24, 2.45) is 0 Å². The minimum absolute atomic E-state index is 0.180. The van der Waals surface area contributed by atoms with E-state index in [9.17, 15) is 23.1 Å². The fraction of sp³-hybridized carbons (Fsp3) is 0.154. The summed E-state index contributed by atoms with van der Waals surface area (Å²) >= 11 is 1.12. The summed E-state index contributed by atoms with van der Waals surface area (Å²) in [6.07, 6.45) is -4.39. The largest absolute Gasteiger partial charge is 0.506 e. The Kier molecular flexibility index (Phi) is 3.36. The summed E-state index contributed by atoms with van der Waals surface area (Å²) in [7, 11) is 0. The van der Waals surface area contributed by atoms with Gasteiger partial charge in [-0.05, 0) is 24.6 Å². The fourth-order valence-electron chi connectivity index (χ4n) is 1.62. The zero-order chi connectivity index (χ0) is 14.2. The lowest BCUT2D eigenvalue weighted by atomic mass is 10.1. The summed E-state index contributed by atoms with van der Waals surface area (Å²) in [5, 5.41) is 11.3. The number of ketones is 1. The average molecular weight is 286 g/mol. The van der Waals surface area contributed by atoms with Crippen LogP contribution in [-0.2, 0) is 6.18 Å². The third kappa shape index (κ3) is 2.63. The first-order valence-corrected chi connectivity index (χ1v) is 6.17. The molecule has 0 aliphatic heterocycles. The number of rotatable bonds is 2. The van der Waals surface area contributed by atoms with Crippen molar-refractivity contribution in [3.63, 3.8) is 0 Å². The summed E-state index contributed by atoms with van der Waals surface area (Å²) in [5.74, 6) is -0.468. The van der Waals surface area contributed by atoms with Crippen molar-refractivity contribution in [1.29, 1.82) is 0 Å². The van der Waals surface area contributed by atoms with E-state index in [1.54, 1.807) is 0 Å². The number of hydrogen-bond acceptors (Lipinski definition) is 3. The molecule has 0 atom stereocenters. The highest BCUT2D eigenvalue weighted by molar-refractivity contribution is 7.14. The zero-order valence-electron chi connectivity index (χ0n) is 9.78. The molecule has 0 radical (unpaired) electrons. The maximum absolute atomic E-state index is 12.4. The molecule has 1 aromatic heterocycles. The molecule has 1 aromatic carbocycles. The molecule has 0 aliphatic carbocycles. The van der Waals surface area contributed by atoms with Crippen LogP contribution in [0.1, 0.15) is 22.8 Å². The average Bonchev–Trinajstić information content (AvgIpc) is 2.70. The second-order valence-corrected chi connectivity index (χ2v) is 4.84. The number of thiophene rings is 1. The van der Waals surface area contributed by atoms with Gasteiger partial charge in [0.1, 0.15) is 5.75 Å². The lowest BCUT2D eigenvalue weighted by Crippen LogP contribution is -2.03. The Labute approximate surface area is 111 Å². The number of halogens is 3. The SMILES string of the molecule is CC(=O)c1csc(-c2ccc(C(F)(F)F)cc2)c1O. The first kappa shape index (κ1) is 13.6. The minimum Gasteiger partial charge on any atom is -0.506 e. The molecule has 0 amide bonds. The van der Waals surface area contributed by atoms with Gasteiger partial charge in [0.05, 0.1) is 16.0 Å². The van der Waals surface area contributed by atoms with E-state index in [1.165, 1.54) is 24.4 Å². The van der Waals surface area contributed by atoms with Gasteiger partial charge in [-0.2, -0.15) is 13.2 Å². The molecule has 0 fully saturated rings. The predicted octanol–water partition coefficient (Wildman–Crippen LogP) is 4.34. The molecule has 19 heavy (non-hydrogen) atoms. The number of benzene rings is 1. The van der Waals surface area contributed by atoms with Gasteiger partial charge in [-0.1, -0.05) is 12.1 Å². The molecule has 0 bridgehead atoms. The summed E-state index contributed by atoms with van der Waals surface area (Å²) < 4.78 is 37.3. The molecule has 0 spiro atoms. The van der Waals surface area contributed by atoms with Crippen LogP contribution in [0.3, 0.4) is 0 Å². The number of carbonyl (C=O) groups is 1. The van der Waals surface area contributed by atoms with Gasteiger partial charge >= 0.3 is 6.18 Å². The van der Waals surface area contributed by atoms with Crippen LogP contribution in [0.25, 0.3) is 10.4 Å². The van der Waals surface area contributed by atoms with Gasteiger partial charge in [-0.3, -0.25) is 4.79 Å². The van der Waals surface area contributed by atoms with Gasteiger partial charge in [0.15, 0.2) is 5.78 Å². The third-order valence-electron chi connectivity index (χ3n) is 2.62. The van der Waals surface area contributed by atoms with Gasteiger partial charge < -0.3 is 5.11 Å². The van der Waals surface area contributed by atoms with E-state index in [0.29, 0.717) is 10.4 Å². The Morgan fingerprint density at radius 3 is 2.21 bits per heavy atom. The van der Waals surface area contributed by atoms with Crippen LogP contribution < -0.4 is 0 Å². The molecular formula is C13H9F3O2S. The molecule has 2 nitrogen and oxygen atoms in total. The van der Waals surface area contributed by atoms with Crippen molar-refractivity contribution in [3.8, 4) is 16.2 Å². The summed E-state index contributed by atoms with van der Waals surface area (Å²) in [4.78, 5) is 11.6. The number of alkyl halides is 3. The maximum Gasteiger partial charge on any atom is 0.416 e. The number of Topliss-reactive ketones (excluding diaryl/α,β-unsaturated/α-hetero) is 1. The van der Waals surface area contributed by atoms with Gasteiger partial charge in [0.25, 0.3) is 0 Å². The lowest BCUT2D eigenvalue weighted by molar-refractivity contribution is -0.137. The van der Waals surface area contributed by atoms with Crippen LogP contribution in [0.4, 0.5) is 13.2 Å². The molecular weight excluding hydrogens is 277 g/mol. The molecule has 0 saturated carbocycles. The topological polar surface area (TPSA) is 37.3 Å². The van der Waals surface area contributed by atoms with E-state index >= 15 is 0 Å². The first-order chi connectivity index (χ1) is 8.80. The molecule has 2 rings (SSSR count). The maximum atomic E-state index is 12.4. The second-order valence-electron chi connectivity index (χ2n) is 3.96. The lowest BCUT2D eigenvalue weighted by Gasteiger charge is -2.07. The first-order valence-electron chi connectivity index (χ1n) is 5.29. The standard InChI is InChI=1S/C13H9F3O2S/c1-7(17)10-6-19-12(11(10)18)8-2-4-9(5-3-8)13(14,15)16/h2-6,18H,1H3. The van der Waals surface area contributed by atoms with Crippen molar-refractivity contribution in [2.45, 2.75) is 13.1 Å². The van der Waals surface area contributed by atoms with Crippen LogP contribution in [0.5, 0.6) is 5.75 Å². The quantitative estimate of drug-likeness (QED) is 0.834. The Balaban J connectivity index is 2.41. The van der Waals surface area contributed by atoms with Crippen molar-refractivity contribution in [2.75, 3.05) is 0 Å². The Bertz CT molecular complexity index is 612. The fourth-order valence-corrected chi connectivity index (χ4v) is 2.62. The van der Waals surface area contributed by atoms with Gasteiger partial charge in [0, 0.05) is 5.38 Å². The number of hydrogen-bond donors (Lipinski definition) is 1. The van der Waals surface area contributed by atoms with Crippen molar-refractivity contribution in [3.05, 3.63) is 40.8 Å². The van der Waals surface area contributed by atoms with Gasteiger partial charge in [-0.15, -0.1) is 11.3 Å². The van der Waals surface area contributed by atoms with Crippen LogP contribution in [-0.4, -0.2) is 10.9 Å².